The molecule has 1 aromatic carbocycles. The minimum absolute atomic E-state index is 0.00212. The third-order valence-electron chi connectivity index (χ3n) is 7.35. The van der Waals surface area contributed by atoms with Crippen LogP contribution < -0.4 is 4.90 Å². The van der Waals surface area contributed by atoms with Crippen LogP contribution in [0.1, 0.15) is 32.1 Å². The van der Waals surface area contributed by atoms with Crippen molar-refractivity contribution in [2.75, 3.05) is 50.8 Å². The number of carbonyl (C=O) groups is 3. The first-order valence-electron chi connectivity index (χ1n) is 11.8. The monoisotopic (exact) mass is 441 g/mol. The zero-order valence-electron chi connectivity index (χ0n) is 18.4. The highest BCUT2D eigenvalue weighted by Gasteiger charge is 2.43. The smallest absolute Gasteiger partial charge is 0.228 e. The van der Waals surface area contributed by atoms with Gasteiger partial charge in [0.15, 0.2) is 5.79 Å². The molecule has 4 saturated heterocycles. The van der Waals surface area contributed by atoms with Gasteiger partial charge >= 0.3 is 0 Å². The van der Waals surface area contributed by atoms with Crippen molar-refractivity contribution < 1.29 is 23.9 Å². The van der Waals surface area contributed by atoms with Crippen LogP contribution in [0, 0.1) is 11.8 Å². The maximum Gasteiger partial charge on any atom is 0.228 e. The number of anilines is 1. The summed E-state index contributed by atoms with van der Waals surface area (Å²) >= 11 is 0. The van der Waals surface area contributed by atoms with Crippen molar-refractivity contribution in [2.45, 2.75) is 37.9 Å². The highest BCUT2D eigenvalue weighted by Crippen LogP contribution is 2.33. The summed E-state index contributed by atoms with van der Waals surface area (Å²) in [5.41, 5.74) is 0.842. The molecule has 4 aliphatic heterocycles. The van der Waals surface area contributed by atoms with Crippen LogP contribution in [0.5, 0.6) is 0 Å². The first kappa shape index (κ1) is 21.4. The average molecular weight is 442 g/mol. The summed E-state index contributed by atoms with van der Waals surface area (Å²) < 4.78 is 11.5. The maximum atomic E-state index is 13.1. The number of nitrogens with zero attached hydrogens (tertiary/aromatic N) is 3. The fraction of sp³-hybridized carbons (Fsp3) is 0.625. The number of hydrogen-bond acceptors (Lipinski definition) is 5. The molecule has 0 radical (unpaired) electrons. The van der Waals surface area contributed by atoms with Gasteiger partial charge < -0.3 is 24.2 Å². The van der Waals surface area contributed by atoms with E-state index in [9.17, 15) is 14.4 Å². The SMILES string of the molecule is O=C(C1CCN(C(=O)[C@@H]2CC(=O)N(c3ccccc3)C2)CC1)N1CCC2(CC1)OCCO2. The summed E-state index contributed by atoms with van der Waals surface area (Å²) in [6.45, 7) is 4.19. The molecule has 8 nitrogen and oxygen atoms in total. The first-order valence-corrected chi connectivity index (χ1v) is 11.8. The molecule has 0 bridgehead atoms. The molecule has 8 heteroatoms. The number of rotatable bonds is 3. The van der Waals surface area contributed by atoms with Gasteiger partial charge in [0.25, 0.3) is 0 Å². The molecule has 3 amide bonds. The fourth-order valence-corrected chi connectivity index (χ4v) is 5.45. The van der Waals surface area contributed by atoms with Gasteiger partial charge in [-0.05, 0) is 25.0 Å². The zero-order chi connectivity index (χ0) is 22.1. The number of carbonyl (C=O) groups excluding carboxylic acids is 3. The van der Waals surface area contributed by atoms with E-state index in [-0.39, 0.29) is 36.0 Å². The van der Waals surface area contributed by atoms with E-state index in [2.05, 4.69) is 0 Å². The van der Waals surface area contributed by atoms with Crippen molar-refractivity contribution in [3.8, 4) is 0 Å². The summed E-state index contributed by atoms with van der Waals surface area (Å²) in [6, 6.07) is 9.51. The largest absolute Gasteiger partial charge is 0.347 e. The van der Waals surface area contributed by atoms with Gasteiger partial charge in [0.2, 0.25) is 17.7 Å². The summed E-state index contributed by atoms with van der Waals surface area (Å²) in [7, 11) is 0. The number of hydrogen-bond donors (Lipinski definition) is 0. The molecule has 4 fully saturated rings. The summed E-state index contributed by atoms with van der Waals surface area (Å²) in [5, 5.41) is 0. The Kier molecular flexibility index (Phi) is 5.90. The Labute approximate surface area is 188 Å². The van der Waals surface area contributed by atoms with Crippen molar-refractivity contribution in [1.82, 2.24) is 9.80 Å². The number of piperidine rings is 2. The highest BCUT2D eigenvalue weighted by molar-refractivity contribution is 6.00. The third kappa shape index (κ3) is 4.13. The van der Waals surface area contributed by atoms with Gasteiger partial charge in [0.05, 0.1) is 19.1 Å². The molecular formula is C24H31N3O5. The molecule has 4 aliphatic rings. The lowest BCUT2D eigenvalue weighted by Gasteiger charge is -2.40. The van der Waals surface area contributed by atoms with E-state index >= 15 is 0 Å². The number of amides is 3. The minimum Gasteiger partial charge on any atom is -0.347 e. The average Bonchev–Trinajstić information content (AvgIpc) is 3.46. The minimum atomic E-state index is -0.473. The number of para-hydroxylation sites is 1. The van der Waals surface area contributed by atoms with Gasteiger partial charge in [-0.15, -0.1) is 0 Å². The summed E-state index contributed by atoms with van der Waals surface area (Å²) in [4.78, 5) is 44.1. The lowest BCUT2D eigenvalue weighted by Crippen LogP contribution is -2.51. The predicted octanol–water partition coefficient (Wildman–Crippen LogP) is 1.64. The van der Waals surface area contributed by atoms with E-state index in [4.69, 9.17) is 9.47 Å². The molecule has 172 valence electrons. The van der Waals surface area contributed by atoms with Crippen molar-refractivity contribution in [3.05, 3.63) is 30.3 Å². The molecule has 1 aromatic rings. The lowest BCUT2D eigenvalue weighted by molar-refractivity contribution is -0.188. The standard InChI is InChI=1S/C24H31N3O5/c28-21-16-19(17-27(21)20-4-2-1-3-5-20)23(30)25-10-6-18(7-11-25)22(29)26-12-8-24(9-13-26)31-14-15-32-24/h1-5,18-19H,6-17H2/t19-/m1/s1. The number of ether oxygens (including phenoxy) is 2. The Bertz CT molecular complexity index is 852. The van der Waals surface area contributed by atoms with Gasteiger partial charge in [-0.2, -0.15) is 0 Å². The molecule has 5 rings (SSSR count). The Morgan fingerprint density at radius 2 is 1.44 bits per heavy atom. The Hall–Kier alpha value is -2.45. The molecule has 1 spiro atoms. The van der Waals surface area contributed by atoms with E-state index in [1.807, 2.05) is 40.1 Å². The Morgan fingerprint density at radius 3 is 2.09 bits per heavy atom. The van der Waals surface area contributed by atoms with E-state index in [1.165, 1.54) is 0 Å². The molecule has 32 heavy (non-hydrogen) atoms. The van der Waals surface area contributed by atoms with Crippen LogP contribution in [0.3, 0.4) is 0 Å². The predicted molar refractivity (Wildman–Crippen MR) is 117 cm³/mol. The first-order chi connectivity index (χ1) is 15.5. The van der Waals surface area contributed by atoms with Gasteiger partial charge in [0, 0.05) is 63.6 Å². The second-order valence-corrected chi connectivity index (χ2v) is 9.27. The normalized spacial score (nSPS) is 26.2. The molecule has 0 aliphatic carbocycles. The number of likely N-dealkylation sites (tertiary alicyclic amines) is 2. The summed E-state index contributed by atoms with van der Waals surface area (Å²) in [6.07, 6.45) is 3.07. The molecule has 0 unspecified atom stereocenters. The lowest BCUT2D eigenvalue weighted by atomic mass is 9.92. The van der Waals surface area contributed by atoms with Gasteiger partial charge in [-0.25, -0.2) is 0 Å². The van der Waals surface area contributed by atoms with Crippen molar-refractivity contribution in [1.29, 1.82) is 0 Å². The van der Waals surface area contributed by atoms with E-state index in [1.54, 1.807) is 4.90 Å². The topological polar surface area (TPSA) is 79.4 Å². The second kappa shape index (κ2) is 8.83. The van der Waals surface area contributed by atoms with Gasteiger partial charge in [0.1, 0.15) is 0 Å². The van der Waals surface area contributed by atoms with E-state index in [0.29, 0.717) is 58.8 Å². The van der Waals surface area contributed by atoms with Crippen LogP contribution in [-0.2, 0) is 23.9 Å². The van der Waals surface area contributed by atoms with Crippen molar-refractivity contribution >= 4 is 23.4 Å². The van der Waals surface area contributed by atoms with Crippen LogP contribution in [-0.4, -0.2) is 79.2 Å². The second-order valence-electron chi connectivity index (χ2n) is 9.27. The van der Waals surface area contributed by atoms with Crippen LogP contribution >= 0.6 is 0 Å². The molecule has 0 aromatic heterocycles. The Morgan fingerprint density at radius 1 is 0.844 bits per heavy atom. The van der Waals surface area contributed by atoms with Crippen LogP contribution in [0.2, 0.25) is 0 Å². The van der Waals surface area contributed by atoms with Gasteiger partial charge in [-0.3, -0.25) is 14.4 Å². The van der Waals surface area contributed by atoms with Gasteiger partial charge in [-0.1, -0.05) is 18.2 Å². The third-order valence-corrected chi connectivity index (χ3v) is 7.35. The quantitative estimate of drug-likeness (QED) is 0.713. The van der Waals surface area contributed by atoms with Crippen LogP contribution in [0.15, 0.2) is 30.3 Å². The highest BCUT2D eigenvalue weighted by atomic mass is 16.7. The fourth-order valence-electron chi connectivity index (χ4n) is 5.45. The van der Waals surface area contributed by atoms with Crippen molar-refractivity contribution in [3.63, 3.8) is 0 Å². The Balaban J connectivity index is 1.11. The van der Waals surface area contributed by atoms with E-state index < -0.39 is 5.79 Å². The zero-order valence-corrected chi connectivity index (χ0v) is 18.4. The molecular weight excluding hydrogens is 410 g/mol. The van der Waals surface area contributed by atoms with Crippen molar-refractivity contribution in [2.24, 2.45) is 11.8 Å². The van der Waals surface area contributed by atoms with Crippen LogP contribution in [0.4, 0.5) is 5.69 Å². The molecule has 0 N–H and O–H groups in total. The van der Waals surface area contributed by atoms with E-state index in [0.717, 1.165) is 18.5 Å². The maximum absolute atomic E-state index is 13.1. The summed E-state index contributed by atoms with van der Waals surface area (Å²) in [5.74, 6) is -0.588. The van der Waals surface area contributed by atoms with Crippen LogP contribution in [0.25, 0.3) is 0 Å². The molecule has 0 saturated carbocycles. The number of benzene rings is 1. The molecule has 4 heterocycles. The molecule has 1 atom stereocenters.